The number of benzene rings is 1. The number of rotatable bonds is 1. The Morgan fingerprint density at radius 2 is 1.62 bits per heavy atom. The van der Waals surface area contributed by atoms with Gasteiger partial charge in [-0.05, 0) is 18.2 Å². The Bertz CT molecular complexity index is 1230. The number of aliphatic hydroxyl groups is 1. The number of hydrogen-bond donors (Lipinski definition) is 1. The number of carbonyl (C=O) groups excluding carboxylic acids is 1. The van der Waals surface area contributed by atoms with E-state index in [0.29, 0.717) is 6.07 Å². The van der Waals surface area contributed by atoms with Crippen molar-refractivity contribution in [3.05, 3.63) is 64.0 Å². The Hall–Kier alpha value is -3.28. The van der Waals surface area contributed by atoms with Crippen molar-refractivity contribution in [1.29, 1.82) is 0 Å². The van der Waals surface area contributed by atoms with E-state index in [4.69, 9.17) is 0 Å². The lowest BCUT2D eigenvalue weighted by atomic mass is 9.90. The summed E-state index contributed by atoms with van der Waals surface area (Å²) < 4.78 is 79.5. The van der Waals surface area contributed by atoms with E-state index < -0.39 is 46.2 Å². The van der Waals surface area contributed by atoms with E-state index in [9.17, 15) is 41.0 Å². The summed E-state index contributed by atoms with van der Waals surface area (Å²) >= 11 is 0. The van der Waals surface area contributed by atoms with Gasteiger partial charge in [-0.25, -0.2) is 4.98 Å². The minimum Gasteiger partial charge on any atom is -0.369 e. The average Bonchev–Trinajstić information content (AvgIpc) is 2.91. The third kappa shape index (κ3) is 2.41. The maximum atomic E-state index is 13.1. The zero-order valence-corrected chi connectivity index (χ0v) is 13.8. The third-order valence-corrected chi connectivity index (χ3v) is 4.59. The fourth-order valence-corrected chi connectivity index (χ4v) is 3.15. The first-order valence-corrected chi connectivity index (χ1v) is 7.80. The molecule has 0 spiro atoms. The largest absolute Gasteiger partial charge is 0.430 e. The summed E-state index contributed by atoms with van der Waals surface area (Å²) in [5.74, 6) is -1.52. The lowest BCUT2D eigenvalue weighted by molar-refractivity contribution is -0.376. The van der Waals surface area contributed by atoms with Crippen molar-refractivity contribution in [1.82, 2.24) is 14.5 Å². The Labute approximate surface area is 156 Å². The van der Waals surface area contributed by atoms with Crippen LogP contribution in [0.1, 0.15) is 21.7 Å². The van der Waals surface area contributed by atoms with E-state index in [1.165, 1.54) is 18.5 Å². The minimum absolute atomic E-state index is 0.00284. The van der Waals surface area contributed by atoms with E-state index in [1.807, 2.05) is 0 Å². The number of fused-ring (bicyclic) bond motifs is 4. The number of halogens is 6. The Morgan fingerprint density at radius 3 is 2.24 bits per heavy atom. The highest BCUT2D eigenvalue weighted by molar-refractivity contribution is 6.13. The lowest BCUT2D eigenvalue weighted by Gasteiger charge is -2.32. The first kappa shape index (κ1) is 19.1. The highest BCUT2D eigenvalue weighted by atomic mass is 19.4. The number of aromatic nitrogens is 3. The molecule has 0 saturated carbocycles. The molecule has 1 N–H and O–H groups in total. The summed E-state index contributed by atoms with van der Waals surface area (Å²) in [6, 6.07) is 2.69. The molecular weight excluding hydrogens is 408 g/mol. The van der Waals surface area contributed by atoms with Crippen LogP contribution in [-0.4, -0.2) is 37.8 Å². The fraction of sp³-hybridized carbons (Fsp3) is 0.176. The summed E-state index contributed by atoms with van der Waals surface area (Å²) in [5.41, 5.74) is -8.35. The molecule has 0 radical (unpaired) electrons. The summed E-state index contributed by atoms with van der Waals surface area (Å²) in [6.45, 7) is 0. The maximum Gasteiger partial charge on any atom is 0.430 e. The van der Waals surface area contributed by atoms with Crippen molar-refractivity contribution >= 4 is 16.7 Å². The Balaban J connectivity index is 1.99. The predicted octanol–water partition coefficient (Wildman–Crippen LogP) is 2.64. The predicted molar refractivity (Wildman–Crippen MR) is 84.6 cm³/mol. The van der Waals surface area contributed by atoms with Crippen molar-refractivity contribution in [2.24, 2.45) is 0 Å². The first-order valence-electron chi connectivity index (χ1n) is 7.80. The van der Waals surface area contributed by atoms with Gasteiger partial charge in [-0.1, -0.05) is 6.07 Å². The third-order valence-electron chi connectivity index (χ3n) is 4.59. The molecule has 1 aliphatic heterocycles. The van der Waals surface area contributed by atoms with Crippen LogP contribution >= 0.6 is 0 Å². The highest BCUT2D eigenvalue weighted by Crippen LogP contribution is 2.50. The van der Waals surface area contributed by atoms with Gasteiger partial charge in [-0.3, -0.25) is 19.1 Å². The number of carbonyl (C=O) groups is 1. The van der Waals surface area contributed by atoms with Crippen molar-refractivity contribution < 1.29 is 36.2 Å². The lowest BCUT2D eigenvalue weighted by Crippen LogP contribution is -2.54. The number of alkyl halides is 6. The minimum atomic E-state index is -6.11. The van der Waals surface area contributed by atoms with Crippen molar-refractivity contribution in [3.8, 4) is 5.69 Å². The van der Waals surface area contributed by atoms with E-state index in [0.717, 1.165) is 10.6 Å². The van der Waals surface area contributed by atoms with Crippen LogP contribution in [0.4, 0.5) is 26.3 Å². The van der Waals surface area contributed by atoms with E-state index in [-0.39, 0.29) is 22.7 Å². The molecule has 1 aromatic carbocycles. The van der Waals surface area contributed by atoms with Gasteiger partial charge in [0.05, 0.1) is 22.2 Å². The zero-order chi connectivity index (χ0) is 21.4. The number of pyridine rings is 1. The fourth-order valence-electron chi connectivity index (χ4n) is 3.15. The molecule has 3 aromatic rings. The molecule has 0 unspecified atom stereocenters. The second-order valence-electron chi connectivity index (χ2n) is 6.24. The summed E-state index contributed by atoms with van der Waals surface area (Å²) in [7, 11) is 0. The molecule has 2 aromatic heterocycles. The van der Waals surface area contributed by atoms with Gasteiger partial charge in [0.1, 0.15) is 0 Å². The van der Waals surface area contributed by atoms with Crippen LogP contribution in [-0.2, 0) is 5.60 Å². The van der Waals surface area contributed by atoms with E-state index >= 15 is 0 Å². The van der Waals surface area contributed by atoms with E-state index in [2.05, 4.69) is 9.97 Å². The van der Waals surface area contributed by atoms with Crippen LogP contribution in [0.3, 0.4) is 0 Å². The second kappa shape index (κ2) is 5.63. The topological polar surface area (TPSA) is 85.1 Å². The van der Waals surface area contributed by atoms with Gasteiger partial charge < -0.3 is 5.11 Å². The number of hydrogen-bond acceptors (Lipinski definition) is 5. The molecule has 1 aliphatic rings. The van der Waals surface area contributed by atoms with Crippen molar-refractivity contribution in [2.45, 2.75) is 18.0 Å². The Kier molecular flexibility index (Phi) is 3.70. The molecule has 6 nitrogen and oxygen atoms in total. The normalized spacial score (nSPS) is 14.2. The first-order chi connectivity index (χ1) is 13.4. The molecule has 3 heterocycles. The summed E-state index contributed by atoms with van der Waals surface area (Å²) in [4.78, 5) is 33.0. The van der Waals surface area contributed by atoms with Gasteiger partial charge in [0.25, 0.3) is 11.2 Å². The van der Waals surface area contributed by atoms with E-state index in [1.54, 1.807) is 0 Å². The summed E-state index contributed by atoms with van der Waals surface area (Å²) in [5, 5.41) is 9.55. The molecule has 0 atom stereocenters. The monoisotopic (exact) mass is 415 g/mol. The molecule has 0 amide bonds. The molecule has 0 aliphatic carbocycles. The van der Waals surface area contributed by atoms with Crippen LogP contribution in [0.5, 0.6) is 0 Å². The molecule has 0 fully saturated rings. The molecule has 0 bridgehead atoms. The zero-order valence-electron chi connectivity index (χ0n) is 13.8. The second-order valence-corrected chi connectivity index (χ2v) is 6.24. The summed E-state index contributed by atoms with van der Waals surface area (Å²) in [6.07, 6.45) is -9.75. The van der Waals surface area contributed by atoms with Gasteiger partial charge in [-0.2, -0.15) is 26.3 Å². The SMILES string of the molecule is O=C1c2cc(C(O)(C(F)(F)F)C(F)(F)F)ccc2-n2c1nc1ccncc1c2=O. The number of nitrogens with zero attached hydrogens (tertiary/aromatic N) is 3. The molecule has 150 valence electrons. The Morgan fingerprint density at radius 1 is 0.966 bits per heavy atom. The molecule has 12 heteroatoms. The van der Waals surface area contributed by atoms with Crippen molar-refractivity contribution in [3.63, 3.8) is 0 Å². The maximum absolute atomic E-state index is 13.1. The van der Waals surface area contributed by atoms with Crippen LogP contribution in [0.2, 0.25) is 0 Å². The number of ketones is 1. The van der Waals surface area contributed by atoms with Gasteiger partial charge in [0.15, 0.2) is 5.82 Å². The molecule has 0 saturated heterocycles. The smallest absolute Gasteiger partial charge is 0.369 e. The van der Waals surface area contributed by atoms with Crippen molar-refractivity contribution in [2.75, 3.05) is 0 Å². The van der Waals surface area contributed by atoms with Crippen LogP contribution in [0.15, 0.2) is 41.5 Å². The molecule has 29 heavy (non-hydrogen) atoms. The average molecular weight is 415 g/mol. The standard InChI is InChI=1S/C17H7F6N3O3/c18-16(19,20)15(29,17(21,22)23)7-1-2-11-8(5-7)12(27)13-25-10-3-4-24-6-9(10)14(28)26(11)13/h1-6,29H. The van der Waals surface area contributed by atoms with Crippen LogP contribution in [0, 0.1) is 0 Å². The highest BCUT2D eigenvalue weighted by Gasteiger charge is 2.71. The van der Waals surface area contributed by atoms with Gasteiger partial charge >= 0.3 is 12.4 Å². The molecular formula is C17H7F6N3O3. The van der Waals surface area contributed by atoms with Gasteiger partial charge in [0.2, 0.25) is 5.78 Å². The van der Waals surface area contributed by atoms with Gasteiger partial charge in [0, 0.05) is 18.0 Å². The quantitative estimate of drug-likeness (QED) is 0.484. The van der Waals surface area contributed by atoms with Gasteiger partial charge in [-0.15, -0.1) is 0 Å². The molecule has 4 rings (SSSR count). The van der Waals surface area contributed by atoms with Crippen LogP contribution < -0.4 is 5.56 Å². The van der Waals surface area contributed by atoms with Crippen LogP contribution in [0.25, 0.3) is 16.6 Å².